The van der Waals surface area contributed by atoms with Gasteiger partial charge >= 0.3 is 0 Å². The number of pyridine rings is 1. The zero-order valence-electron chi connectivity index (χ0n) is 16.3. The second-order valence-electron chi connectivity index (χ2n) is 7.60. The zero-order valence-corrected chi connectivity index (χ0v) is 16.3. The summed E-state index contributed by atoms with van der Waals surface area (Å²) in [7, 11) is 0. The van der Waals surface area contributed by atoms with Crippen LogP contribution >= 0.6 is 0 Å². The third-order valence-corrected chi connectivity index (χ3v) is 5.68. The molecule has 2 nitrogen and oxygen atoms in total. The van der Waals surface area contributed by atoms with Crippen molar-refractivity contribution in [3.63, 3.8) is 0 Å². The summed E-state index contributed by atoms with van der Waals surface area (Å²) >= 11 is 0. The molecule has 0 saturated heterocycles. The van der Waals surface area contributed by atoms with Gasteiger partial charge < -0.3 is 5.32 Å². The SMILES string of the molecule is Fc1cccc(CNc2cncc(-c3cccc4c3Cc3ccccc3C4)c2F)c1. The third kappa shape index (κ3) is 3.45. The van der Waals surface area contributed by atoms with Gasteiger partial charge in [0.25, 0.3) is 0 Å². The maximum Gasteiger partial charge on any atom is 0.157 e. The third-order valence-electron chi connectivity index (χ3n) is 5.68. The van der Waals surface area contributed by atoms with E-state index in [0.717, 1.165) is 29.5 Å². The van der Waals surface area contributed by atoms with Gasteiger partial charge in [0.15, 0.2) is 5.82 Å². The summed E-state index contributed by atoms with van der Waals surface area (Å²) in [5, 5.41) is 3.06. The highest BCUT2D eigenvalue weighted by Gasteiger charge is 2.21. The lowest BCUT2D eigenvalue weighted by Gasteiger charge is -2.23. The minimum atomic E-state index is -0.339. The molecule has 0 saturated carbocycles. The van der Waals surface area contributed by atoms with Gasteiger partial charge in [-0.05, 0) is 58.4 Å². The monoisotopic (exact) mass is 398 g/mol. The fourth-order valence-corrected chi connectivity index (χ4v) is 4.16. The summed E-state index contributed by atoms with van der Waals surface area (Å²) in [6, 6.07) is 20.7. The van der Waals surface area contributed by atoms with E-state index in [4.69, 9.17) is 0 Å². The van der Waals surface area contributed by atoms with Gasteiger partial charge in [-0.15, -0.1) is 0 Å². The van der Waals surface area contributed by atoms with E-state index in [9.17, 15) is 4.39 Å². The first-order chi connectivity index (χ1) is 14.7. The Balaban J connectivity index is 1.48. The molecule has 0 aliphatic heterocycles. The molecule has 30 heavy (non-hydrogen) atoms. The molecular formula is C26H20F2N2. The lowest BCUT2D eigenvalue weighted by molar-refractivity contribution is 0.625. The number of fused-ring (bicyclic) bond motifs is 2. The molecule has 3 aromatic carbocycles. The lowest BCUT2D eigenvalue weighted by Crippen LogP contribution is -2.09. The van der Waals surface area contributed by atoms with Crippen molar-refractivity contribution < 1.29 is 8.78 Å². The number of anilines is 1. The molecule has 148 valence electrons. The first kappa shape index (κ1) is 18.5. The van der Waals surface area contributed by atoms with Crippen LogP contribution in [0.1, 0.15) is 27.8 Å². The fourth-order valence-electron chi connectivity index (χ4n) is 4.16. The molecule has 0 spiro atoms. The summed E-state index contributed by atoms with van der Waals surface area (Å²) in [5.41, 5.74) is 7.40. The average Bonchev–Trinajstić information content (AvgIpc) is 2.77. The van der Waals surface area contributed by atoms with Crippen LogP contribution in [0.2, 0.25) is 0 Å². The second-order valence-corrected chi connectivity index (χ2v) is 7.60. The average molecular weight is 398 g/mol. The molecule has 0 amide bonds. The molecule has 0 atom stereocenters. The number of nitrogens with one attached hydrogen (secondary N) is 1. The van der Waals surface area contributed by atoms with Crippen LogP contribution in [-0.2, 0) is 19.4 Å². The largest absolute Gasteiger partial charge is 0.377 e. The van der Waals surface area contributed by atoms with Crippen molar-refractivity contribution in [3.05, 3.63) is 119 Å². The van der Waals surface area contributed by atoms with Gasteiger partial charge in [0.2, 0.25) is 0 Å². The highest BCUT2D eigenvalue weighted by molar-refractivity contribution is 5.73. The number of halogens is 2. The molecule has 1 N–H and O–H groups in total. The number of hydrogen-bond acceptors (Lipinski definition) is 2. The van der Waals surface area contributed by atoms with E-state index in [1.165, 1.54) is 35.0 Å². The van der Waals surface area contributed by atoms with Crippen molar-refractivity contribution in [2.45, 2.75) is 19.4 Å². The maximum atomic E-state index is 15.4. The van der Waals surface area contributed by atoms with Crippen LogP contribution in [0.15, 0.2) is 79.1 Å². The van der Waals surface area contributed by atoms with Crippen molar-refractivity contribution in [2.75, 3.05) is 5.32 Å². The number of aromatic nitrogens is 1. The Morgan fingerprint density at radius 3 is 2.37 bits per heavy atom. The molecule has 1 aliphatic rings. The predicted octanol–water partition coefficient (Wildman–Crippen LogP) is 6.13. The van der Waals surface area contributed by atoms with E-state index < -0.39 is 0 Å². The predicted molar refractivity (Wildman–Crippen MR) is 115 cm³/mol. The summed E-state index contributed by atoms with van der Waals surface area (Å²) in [6.07, 6.45) is 4.69. The van der Waals surface area contributed by atoms with Gasteiger partial charge in [0, 0.05) is 18.3 Å². The summed E-state index contributed by atoms with van der Waals surface area (Å²) < 4.78 is 28.8. The van der Waals surface area contributed by atoms with Crippen LogP contribution in [0.5, 0.6) is 0 Å². The van der Waals surface area contributed by atoms with Gasteiger partial charge in [-0.3, -0.25) is 4.98 Å². The molecule has 0 fully saturated rings. The molecule has 0 radical (unpaired) electrons. The Labute approximate surface area is 174 Å². The molecule has 0 unspecified atom stereocenters. The van der Waals surface area contributed by atoms with E-state index in [1.807, 2.05) is 18.2 Å². The van der Waals surface area contributed by atoms with Crippen LogP contribution < -0.4 is 5.32 Å². The molecule has 1 heterocycles. The van der Waals surface area contributed by atoms with Crippen molar-refractivity contribution in [1.82, 2.24) is 4.98 Å². The van der Waals surface area contributed by atoms with E-state index >= 15 is 4.39 Å². The molecule has 5 rings (SSSR count). The standard InChI is InChI=1S/C26H20F2N2/c27-21-9-3-5-17(11-21)14-30-25-16-29-15-24(26(25)28)22-10-4-8-20-12-18-6-1-2-7-19(18)13-23(20)22/h1-11,15-16,30H,12-14H2. The quantitative estimate of drug-likeness (QED) is 0.394. The van der Waals surface area contributed by atoms with E-state index in [0.29, 0.717) is 17.8 Å². The molecule has 4 heteroatoms. The fraction of sp³-hybridized carbons (Fsp3) is 0.115. The lowest BCUT2D eigenvalue weighted by atomic mass is 9.82. The summed E-state index contributed by atoms with van der Waals surface area (Å²) in [6.45, 7) is 0.320. The Morgan fingerprint density at radius 2 is 1.53 bits per heavy atom. The maximum absolute atomic E-state index is 15.4. The Morgan fingerprint density at radius 1 is 0.767 bits per heavy atom. The van der Waals surface area contributed by atoms with Crippen LogP contribution in [0.25, 0.3) is 11.1 Å². The van der Waals surface area contributed by atoms with Gasteiger partial charge in [-0.2, -0.15) is 0 Å². The molecular weight excluding hydrogens is 378 g/mol. The van der Waals surface area contributed by atoms with Crippen LogP contribution in [-0.4, -0.2) is 4.98 Å². The Hall–Kier alpha value is -3.53. The minimum Gasteiger partial charge on any atom is -0.377 e. The summed E-state index contributed by atoms with van der Waals surface area (Å²) in [5.74, 6) is -0.647. The van der Waals surface area contributed by atoms with Crippen molar-refractivity contribution >= 4 is 5.69 Å². The topological polar surface area (TPSA) is 24.9 Å². The van der Waals surface area contributed by atoms with Crippen molar-refractivity contribution in [3.8, 4) is 11.1 Å². The first-order valence-electron chi connectivity index (χ1n) is 9.99. The number of nitrogens with zero attached hydrogens (tertiary/aromatic N) is 1. The van der Waals surface area contributed by atoms with Gasteiger partial charge in [0.1, 0.15) is 5.82 Å². The zero-order chi connectivity index (χ0) is 20.5. The number of benzene rings is 3. The van der Waals surface area contributed by atoms with Gasteiger partial charge in [0.05, 0.1) is 11.9 Å². The number of rotatable bonds is 4. The van der Waals surface area contributed by atoms with Crippen LogP contribution in [0.4, 0.5) is 14.5 Å². The van der Waals surface area contributed by atoms with E-state index in [-0.39, 0.29) is 11.6 Å². The molecule has 4 aromatic rings. The number of hydrogen-bond donors (Lipinski definition) is 1. The Bertz CT molecular complexity index is 1230. The molecule has 1 aromatic heterocycles. The molecule has 0 bridgehead atoms. The van der Waals surface area contributed by atoms with E-state index in [1.54, 1.807) is 18.3 Å². The van der Waals surface area contributed by atoms with Crippen molar-refractivity contribution in [2.24, 2.45) is 0 Å². The Kier molecular flexibility index (Phi) is 4.75. The van der Waals surface area contributed by atoms with Crippen LogP contribution in [0, 0.1) is 11.6 Å². The van der Waals surface area contributed by atoms with Gasteiger partial charge in [-0.25, -0.2) is 8.78 Å². The normalized spacial score (nSPS) is 12.2. The van der Waals surface area contributed by atoms with Crippen LogP contribution in [0.3, 0.4) is 0 Å². The molecule has 1 aliphatic carbocycles. The van der Waals surface area contributed by atoms with Gasteiger partial charge in [-0.1, -0.05) is 54.6 Å². The van der Waals surface area contributed by atoms with E-state index in [2.05, 4.69) is 34.6 Å². The smallest absolute Gasteiger partial charge is 0.157 e. The van der Waals surface area contributed by atoms with Crippen molar-refractivity contribution in [1.29, 1.82) is 0 Å². The highest BCUT2D eigenvalue weighted by Crippen LogP contribution is 2.36. The summed E-state index contributed by atoms with van der Waals surface area (Å²) in [4.78, 5) is 4.27. The minimum absolute atomic E-state index is 0.308. The highest BCUT2D eigenvalue weighted by atomic mass is 19.1. The first-order valence-corrected chi connectivity index (χ1v) is 9.99. The second kappa shape index (κ2) is 7.71.